The number of aliphatic hydroxyl groups excluding tert-OH is 1. The molecule has 3 atom stereocenters. The lowest BCUT2D eigenvalue weighted by Gasteiger charge is -2.35. The summed E-state index contributed by atoms with van der Waals surface area (Å²) in [4.78, 5) is 2.35. The summed E-state index contributed by atoms with van der Waals surface area (Å²) >= 11 is 2.03. The number of thioether (sulfide) groups is 1. The number of rotatable bonds is 3. The third-order valence-corrected chi connectivity index (χ3v) is 4.45. The van der Waals surface area contributed by atoms with Gasteiger partial charge in [0, 0.05) is 35.8 Å². The average molecular weight is 266 g/mol. The van der Waals surface area contributed by atoms with E-state index in [1.54, 1.807) is 0 Å². The zero-order chi connectivity index (χ0) is 13.1. The fourth-order valence-corrected chi connectivity index (χ4v) is 3.94. The van der Waals surface area contributed by atoms with Crippen LogP contribution in [0.25, 0.3) is 0 Å². The molecule has 3 unspecified atom stereocenters. The van der Waals surface area contributed by atoms with E-state index in [9.17, 15) is 5.11 Å². The number of anilines is 1. The van der Waals surface area contributed by atoms with Crippen LogP contribution in [0.15, 0.2) is 24.3 Å². The molecule has 0 saturated carbocycles. The molecule has 3 nitrogen and oxygen atoms in total. The molecule has 0 aliphatic carbocycles. The molecule has 1 aromatic carbocycles. The van der Waals surface area contributed by atoms with E-state index in [1.807, 2.05) is 36.0 Å². The van der Waals surface area contributed by atoms with Crippen LogP contribution in [0.5, 0.6) is 0 Å². The van der Waals surface area contributed by atoms with Crippen LogP contribution in [0, 0.1) is 0 Å². The molecule has 1 aromatic rings. The Balaban J connectivity index is 1.96. The van der Waals surface area contributed by atoms with Gasteiger partial charge >= 0.3 is 0 Å². The summed E-state index contributed by atoms with van der Waals surface area (Å²) in [6.07, 6.45) is -0.448. The first-order valence-electron chi connectivity index (χ1n) is 6.46. The first kappa shape index (κ1) is 13.7. The van der Waals surface area contributed by atoms with Crippen molar-refractivity contribution in [1.29, 1.82) is 0 Å². The Labute approximate surface area is 113 Å². The van der Waals surface area contributed by atoms with Crippen molar-refractivity contribution in [3.63, 3.8) is 0 Å². The van der Waals surface area contributed by atoms with Gasteiger partial charge in [0.2, 0.25) is 0 Å². The van der Waals surface area contributed by atoms with Crippen LogP contribution in [-0.4, -0.2) is 40.1 Å². The van der Waals surface area contributed by atoms with E-state index >= 15 is 0 Å². The number of nitrogens with zero attached hydrogens (tertiary/aromatic N) is 1. The molecule has 0 aromatic heterocycles. The number of hydrogen-bond donors (Lipinski definition) is 2. The summed E-state index contributed by atoms with van der Waals surface area (Å²) in [6.45, 7) is 7.29. The number of nitrogen functional groups attached to an aromatic ring is 1. The summed E-state index contributed by atoms with van der Waals surface area (Å²) in [5.41, 5.74) is 7.37. The molecule has 100 valence electrons. The van der Waals surface area contributed by atoms with E-state index in [-0.39, 0.29) is 0 Å². The van der Waals surface area contributed by atoms with Crippen LogP contribution in [0.4, 0.5) is 5.69 Å². The molecule has 3 N–H and O–H groups in total. The van der Waals surface area contributed by atoms with E-state index in [2.05, 4.69) is 18.7 Å². The Morgan fingerprint density at radius 1 is 1.39 bits per heavy atom. The highest BCUT2D eigenvalue weighted by Crippen LogP contribution is 2.26. The minimum absolute atomic E-state index is 0.448. The zero-order valence-corrected chi connectivity index (χ0v) is 11.9. The van der Waals surface area contributed by atoms with Gasteiger partial charge in [0.25, 0.3) is 0 Å². The van der Waals surface area contributed by atoms with Crippen LogP contribution in [0.2, 0.25) is 0 Å². The molecule has 0 spiro atoms. The van der Waals surface area contributed by atoms with Crippen LogP contribution < -0.4 is 5.73 Å². The second-order valence-corrected chi connectivity index (χ2v) is 7.04. The molecule has 1 saturated heterocycles. The summed E-state index contributed by atoms with van der Waals surface area (Å²) < 4.78 is 0. The Morgan fingerprint density at radius 3 is 2.67 bits per heavy atom. The van der Waals surface area contributed by atoms with Gasteiger partial charge in [0.05, 0.1) is 6.10 Å². The van der Waals surface area contributed by atoms with Crippen LogP contribution >= 0.6 is 11.8 Å². The highest BCUT2D eigenvalue weighted by molar-refractivity contribution is 8.00. The van der Waals surface area contributed by atoms with E-state index in [0.717, 1.165) is 18.7 Å². The number of benzene rings is 1. The van der Waals surface area contributed by atoms with Gasteiger partial charge in [-0.1, -0.05) is 26.0 Å². The third kappa shape index (κ3) is 3.64. The van der Waals surface area contributed by atoms with Crippen molar-refractivity contribution in [1.82, 2.24) is 4.90 Å². The number of hydrogen-bond acceptors (Lipinski definition) is 4. The lowest BCUT2D eigenvalue weighted by Crippen LogP contribution is -2.42. The summed E-state index contributed by atoms with van der Waals surface area (Å²) in [7, 11) is 0. The van der Waals surface area contributed by atoms with Gasteiger partial charge in [-0.2, -0.15) is 11.8 Å². The molecule has 1 aliphatic rings. The zero-order valence-electron chi connectivity index (χ0n) is 11.0. The van der Waals surface area contributed by atoms with Crippen molar-refractivity contribution in [3.8, 4) is 0 Å². The van der Waals surface area contributed by atoms with E-state index in [4.69, 9.17) is 5.73 Å². The minimum atomic E-state index is -0.448. The lowest BCUT2D eigenvalue weighted by molar-refractivity contribution is 0.112. The van der Waals surface area contributed by atoms with Crippen molar-refractivity contribution in [3.05, 3.63) is 29.8 Å². The maximum absolute atomic E-state index is 10.3. The van der Waals surface area contributed by atoms with Crippen molar-refractivity contribution in [2.75, 3.05) is 25.4 Å². The van der Waals surface area contributed by atoms with Gasteiger partial charge in [-0.3, -0.25) is 4.90 Å². The Morgan fingerprint density at radius 2 is 2.06 bits per heavy atom. The van der Waals surface area contributed by atoms with E-state index in [1.165, 1.54) is 0 Å². The molecule has 18 heavy (non-hydrogen) atoms. The molecule has 4 heteroatoms. The summed E-state index contributed by atoms with van der Waals surface area (Å²) in [5, 5.41) is 11.5. The number of nitrogens with two attached hydrogens (primary N) is 1. The van der Waals surface area contributed by atoms with E-state index in [0.29, 0.717) is 22.7 Å². The van der Waals surface area contributed by atoms with Crippen molar-refractivity contribution in [2.24, 2.45) is 0 Å². The third-order valence-electron chi connectivity index (χ3n) is 3.22. The van der Waals surface area contributed by atoms with Gasteiger partial charge in [0.15, 0.2) is 0 Å². The highest BCUT2D eigenvalue weighted by Gasteiger charge is 2.24. The smallest absolute Gasteiger partial charge is 0.0917 e. The second kappa shape index (κ2) is 5.95. The second-order valence-electron chi connectivity index (χ2n) is 5.16. The van der Waals surface area contributed by atoms with Gasteiger partial charge < -0.3 is 10.8 Å². The predicted octanol–water partition coefficient (Wildman–Crippen LogP) is 2.13. The van der Waals surface area contributed by atoms with Gasteiger partial charge in [-0.25, -0.2) is 0 Å². The molecule has 0 amide bonds. The largest absolute Gasteiger partial charge is 0.399 e. The summed E-state index contributed by atoms with van der Waals surface area (Å²) in [5.74, 6) is 0. The number of β-amino-alcohol motifs (C(OH)–C–C–N with tert-alkyl or cyclic N) is 1. The Kier molecular flexibility index (Phi) is 4.54. The predicted molar refractivity (Wildman–Crippen MR) is 78.8 cm³/mol. The van der Waals surface area contributed by atoms with Gasteiger partial charge in [-0.15, -0.1) is 0 Å². The molecule has 2 rings (SSSR count). The average Bonchev–Trinajstić information content (AvgIpc) is 2.27. The Bertz CT molecular complexity index is 389. The maximum atomic E-state index is 10.3. The van der Waals surface area contributed by atoms with Gasteiger partial charge in [-0.05, 0) is 17.7 Å². The molecule has 0 radical (unpaired) electrons. The van der Waals surface area contributed by atoms with Crippen molar-refractivity contribution >= 4 is 17.4 Å². The normalized spacial score (nSPS) is 27.1. The quantitative estimate of drug-likeness (QED) is 0.823. The SMILES string of the molecule is CC1CN(CC(O)c2cccc(N)c2)CC(C)S1. The van der Waals surface area contributed by atoms with Crippen molar-refractivity contribution < 1.29 is 5.11 Å². The monoisotopic (exact) mass is 266 g/mol. The summed E-state index contributed by atoms with van der Waals surface area (Å²) in [6, 6.07) is 7.53. The molecule has 0 bridgehead atoms. The Hall–Kier alpha value is -0.710. The standard InChI is InChI=1S/C14H22N2OS/c1-10-7-16(8-11(2)18-10)9-14(17)12-4-3-5-13(15)6-12/h3-6,10-11,14,17H,7-9,15H2,1-2H3. The lowest BCUT2D eigenvalue weighted by atomic mass is 10.1. The fourth-order valence-electron chi connectivity index (χ4n) is 2.55. The molecular weight excluding hydrogens is 244 g/mol. The maximum Gasteiger partial charge on any atom is 0.0917 e. The fraction of sp³-hybridized carbons (Fsp3) is 0.571. The van der Waals surface area contributed by atoms with Crippen molar-refractivity contribution in [2.45, 2.75) is 30.5 Å². The van der Waals surface area contributed by atoms with Crippen LogP contribution in [0.3, 0.4) is 0 Å². The van der Waals surface area contributed by atoms with E-state index < -0.39 is 6.10 Å². The van der Waals surface area contributed by atoms with Gasteiger partial charge in [0.1, 0.15) is 0 Å². The molecule has 1 aliphatic heterocycles. The van der Waals surface area contributed by atoms with Crippen LogP contribution in [-0.2, 0) is 0 Å². The number of aliphatic hydroxyl groups is 1. The topological polar surface area (TPSA) is 49.5 Å². The first-order valence-corrected chi connectivity index (χ1v) is 7.40. The molecule has 1 heterocycles. The first-order chi connectivity index (χ1) is 8.54. The van der Waals surface area contributed by atoms with Crippen LogP contribution in [0.1, 0.15) is 25.5 Å². The highest BCUT2D eigenvalue weighted by atomic mass is 32.2. The minimum Gasteiger partial charge on any atom is -0.399 e. The molecule has 1 fully saturated rings. The molecular formula is C14H22N2OS.